The minimum absolute atomic E-state index is 0.0119. The summed E-state index contributed by atoms with van der Waals surface area (Å²) in [6.07, 6.45) is 6.52. The maximum atomic E-state index is 6.55. The molecule has 0 saturated heterocycles. The van der Waals surface area contributed by atoms with Gasteiger partial charge in [-0.3, -0.25) is 0 Å². The van der Waals surface area contributed by atoms with Gasteiger partial charge < -0.3 is 15.1 Å². The van der Waals surface area contributed by atoms with Gasteiger partial charge in [-0.15, -0.1) is 0 Å². The third-order valence-electron chi connectivity index (χ3n) is 4.41. The van der Waals surface area contributed by atoms with E-state index >= 15 is 0 Å². The zero-order valence-electron chi connectivity index (χ0n) is 11.4. The summed E-state index contributed by atoms with van der Waals surface area (Å²) in [5, 5.41) is 0. The predicted molar refractivity (Wildman–Crippen MR) is 77.4 cm³/mol. The molecule has 0 amide bonds. The van der Waals surface area contributed by atoms with Crippen molar-refractivity contribution in [2.75, 3.05) is 14.1 Å². The van der Waals surface area contributed by atoms with E-state index in [1.165, 1.54) is 12.8 Å². The molecule has 102 valence electrons. The number of likely N-dealkylation sites (N-methyl/N-ethyl adjacent to an activating group) is 1. The minimum atomic E-state index is -0.0837. The van der Waals surface area contributed by atoms with E-state index in [9.17, 15) is 0 Å². The summed E-state index contributed by atoms with van der Waals surface area (Å²) in [5.74, 6) is 1.60. The average molecular weight is 315 g/mol. The molecule has 0 aliphatic heterocycles. The summed E-state index contributed by atoms with van der Waals surface area (Å²) in [4.78, 5) is 2.29. The Kier molecular flexibility index (Phi) is 4.19. The molecular formula is C14H23BrN2O. The van der Waals surface area contributed by atoms with Crippen LogP contribution in [0.4, 0.5) is 0 Å². The van der Waals surface area contributed by atoms with Gasteiger partial charge in [-0.2, -0.15) is 0 Å². The van der Waals surface area contributed by atoms with Crippen LogP contribution in [0, 0.1) is 5.92 Å². The Morgan fingerprint density at radius 2 is 2.28 bits per heavy atom. The van der Waals surface area contributed by atoms with Crippen molar-refractivity contribution in [3.63, 3.8) is 0 Å². The van der Waals surface area contributed by atoms with Crippen molar-refractivity contribution in [2.45, 2.75) is 44.2 Å². The van der Waals surface area contributed by atoms with Gasteiger partial charge in [0, 0.05) is 5.54 Å². The minimum Gasteiger partial charge on any atom is -0.466 e. The molecule has 3 nitrogen and oxygen atoms in total. The average Bonchev–Trinajstić information content (AvgIpc) is 2.74. The first-order valence-corrected chi connectivity index (χ1v) is 7.42. The standard InChI is InChI=1S/C14H23BrN2O/c1-10-5-4-7-14(9-10,17(2)3)13(16)12-11(15)6-8-18-12/h6,8,10,13H,4-5,7,9,16H2,1-3H3. The first-order valence-electron chi connectivity index (χ1n) is 6.63. The Morgan fingerprint density at radius 1 is 1.56 bits per heavy atom. The zero-order chi connectivity index (χ0) is 13.3. The predicted octanol–water partition coefficient (Wildman–Crippen LogP) is 3.55. The fraction of sp³-hybridized carbons (Fsp3) is 0.714. The van der Waals surface area contributed by atoms with Crippen LogP contribution in [0.1, 0.15) is 44.4 Å². The molecule has 4 heteroatoms. The Bertz CT molecular complexity index is 404. The monoisotopic (exact) mass is 314 g/mol. The lowest BCUT2D eigenvalue weighted by Gasteiger charge is -2.48. The largest absolute Gasteiger partial charge is 0.466 e. The van der Waals surface area contributed by atoms with Crippen molar-refractivity contribution in [3.8, 4) is 0 Å². The van der Waals surface area contributed by atoms with E-state index in [4.69, 9.17) is 10.2 Å². The normalized spacial score (nSPS) is 30.7. The SMILES string of the molecule is CC1CCCC(C(N)c2occc2Br)(N(C)C)C1. The molecule has 1 aliphatic carbocycles. The second-order valence-electron chi connectivity index (χ2n) is 5.81. The topological polar surface area (TPSA) is 42.4 Å². The van der Waals surface area contributed by atoms with E-state index in [1.807, 2.05) is 6.07 Å². The quantitative estimate of drug-likeness (QED) is 0.927. The number of nitrogens with two attached hydrogens (primary N) is 1. The maximum Gasteiger partial charge on any atom is 0.136 e. The molecule has 1 aliphatic rings. The lowest BCUT2D eigenvalue weighted by Crippen LogP contribution is -2.54. The fourth-order valence-corrected chi connectivity index (χ4v) is 3.75. The highest BCUT2D eigenvalue weighted by atomic mass is 79.9. The fourth-order valence-electron chi connectivity index (χ4n) is 3.30. The summed E-state index contributed by atoms with van der Waals surface area (Å²) in [7, 11) is 4.27. The summed E-state index contributed by atoms with van der Waals surface area (Å²) in [5.41, 5.74) is 6.56. The molecule has 3 atom stereocenters. The zero-order valence-corrected chi connectivity index (χ0v) is 13.0. The van der Waals surface area contributed by atoms with Crippen LogP contribution >= 0.6 is 15.9 Å². The molecule has 2 N–H and O–H groups in total. The van der Waals surface area contributed by atoms with Crippen LogP contribution in [0.2, 0.25) is 0 Å². The Hall–Kier alpha value is -0.320. The molecule has 3 unspecified atom stereocenters. The van der Waals surface area contributed by atoms with E-state index in [2.05, 4.69) is 41.8 Å². The summed E-state index contributed by atoms with van der Waals surface area (Å²) >= 11 is 3.53. The van der Waals surface area contributed by atoms with E-state index in [0.717, 1.165) is 29.0 Å². The van der Waals surface area contributed by atoms with Gasteiger partial charge in [-0.05, 0) is 54.9 Å². The van der Waals surface area contributed by atoms with Crippen molar-refractivity contribution in [1.29, 1.82) is 0 Å². The molecule has 0 radical (unpaired) electrons. The van der Waals surface area contributed by atoms with Gasteiger partial charge in [0.2, 0.25) is 0 Å². The van der Waals surface area contributed by atoms with Gasteiger partial charge in [0.05, 0.1) is 16.8 Å². The Morgan fingerprint density at radius 3 is 2.78 bits per heavy atom. The Balaban J connectivity index is 2.33. The van der Waals surface area contributed by atoms with Gasteiger partial charge in [0.25, 0.3) is 0 Å². The number of nitrogens with zero attached hydrogens (tertiary/aromatic N) is 1. The summed E-state index contributed by atoms with van der Waals surface area (Å²) in [6, 6.07) is 1.84. The second kappa shape index (κ2) is 5.35. The molecule has 1 aromatic rings. The van der Waals surface area contributed by atoms with Gasteiger partial charge >= 0.3 is 0 Å². The van der Waals surface area contributed by atoms with Crippen LogP contribution in [-0.4, -0.2) is 24.5 Å². The highest BCUT2D eigenvalue weighted by Crippen LogP contribution is 2.44. The highest BCUT2D eigenvalue weighted by Gasteiger charge is 2.44. The number of hydrogen-bond donors (Lipinski definition) is 1. The molecule has 1 heterocycles. The van der Waals surface area contributed by atoms with E-state index in [0.29, 0.717) is 0 Å². The lowest BCUT2D eigenvalue weighted by molar-refractivity contribution is 0.0429. The number of hydrogen-bond acceptors (Lipinski definition) is 3. The second-order valence-corrected chi connectivity index (χ2v) is 6.66. The Labute approximate surface area is 118 Å². The first-order chi connectivity index (χ1) is 8.47. The third-order valence-corrected chi connectivity index (χ3v) is 5.06. The van der Waals surface area contributed by atoms with Crippen molar-refractivity contribution >= 4 is 15.9 Å². The van der Waals surface area contributed by atoms with Crippen LogP contribution in [0.3, 0.4) is 0 Å². The first kappa shape index (κ1) is 14.1. The van der Waals surface area contributed by atoms with Crippen LogP contribution in [0.15, 0.2) is 21.2 Å². The van der Waals surface area contributed by atoms with Gasteiger partial charge in [-0.1, -0.05) is 19.8 Å². The molecule has 0 aromatic carbocycles. The van der Waals surface area contributed by atoms with Gasteiger partial charge in [0.1, 0.15) is 5.76 Å². The van der Waals surface area contributed by atoms with Crippen LogP contribution in [0.5, 0.6) is 0 Å². The van der Waals surface area contributed by atoms with E-state index < -0.39 is 0 Å². The van der Waals surface area contributed by atoms with E-state index in [1.54, 1.807) is 6.26 Å². The summed E-state index contributed by atoms with van der Waals surface area (Å²) in [6.45, 7) is 2.32. The molecule has 18 heavy (non-hydrogen) atoms. The number of rotatable bonds is 3. The molecule has 0 spiro atoms. The van der Waals surface area contributed by atoms with Crippen molar-refractivity contribution in [2.24, 2.45) is 11.7 Å². The molecule has 1 saturated carbocycles. The van der Waals surface area contributed by atoms with Gasteiger partial charge in [-0.25, -0.2) is 0 Å². The molecule has 2 rings (SSSR count). The van der Waals surface area contributed by atoms with Crippen LogP contribution in [-0.2, 0) is 0 Å². The smallest absolute Gasteiger partial charge is 0.136 e. The number of halogens is 1. The molecular weight excluding hydrogens is 292 g/mol. The van der Waals surface area contributed by atoms with Gasteiger partial charge in [0.15, 0.2) is 0 Å². The van der Waals surface area contributed by atoms with Crippen molar-refractivity contribution in [1.82, 2.24) is 4.90 Å². The van der Waals surface area contributed by atoms with Crippen molar-refractivity contribution in [3.05, 3.63) is 22.6 Å². The molecule has 1 aromatic heterocycles. The summed E-state index contributed by atoms with van der Waals surface area (Å²) < 4.78 is 6.57. The van der Waals surface area contributed by atoms with Crippen molar-refractivity contribution < 1.29 is 4.42 Å². The molecule has 1 fully saturated rings. The van der Waals surface area contributed by atoms with E-state index in [-0.39, 0.29) is 11.6 Å². The van der Waals surface area contributed by atoms with Crippen LogP contribution < -0.4 is 5.73 Å². The third kappa shape index (κ3) is 2.38. The maximum absolute atomic E-state index is 6.55. The highest BCUT2D eigenvalue weighted by molar-refractivity contribution is 9.10. The van der Waals surface area contributed by atoms with Crippen LogP contribution in [0.25, 0.3) is 0 Å². The molecule has 0 bridgehead atoms. The number of furan rings is 1. The lowest BCUT2D eigenvalue weighted by atomic mass is 9.71.